The summed E-state index contributed by atoms with van der Waals surface area (Å²) in [5.41, 5.74) is -0.574. The summed E-state index contributed by atoms with van der Waals surface area (Å²) in [6, 6.07) is 10.2. The number of hydrogen-bond acceptors (Lipinski definition) is 5. The van der Waals surface area contributed by atoms with Crippen LogP contribution in [0.3, 0.4) is 0 Å². The summed E-state index contributed by atoms with van der Waals surface area (Å²) < 4.78 is 33.1. The maximum atomic E-state index is 13.1. The average Bonchev–Trinajstić information content (AvgIpc) is 2.57. The molecule has 0 fully saturated rings. The Morgan fingerprint density at radius 1 is 1.19 bits per heavy atom. The van der Waals surface area contributed by atoms with Gasteiger partial charge in [-0.3, -0.25) is 4.90 Å². The molecule has 0 atom stereocenters. The van der Waals surface area contributed by atoms with Crippen LogP contribution in [0.25, 0.3) is 0 Å². The molecule has 27 heavy (non-hydrogen) atoms. The Hall–Kier alpha value is -2.10. The molecular formula is C18H19BrN2O5S. The van der Waals surface area contributed by atoms with Gasteiger partial charge in [-0.1, -0.05) is 22.0 Å². The van der Waals surface area contributed by atoms with Crippen LogP contribution < -0.4 is 13.9 Å². The molecule has 1 aliphatic rings. The Morgan fingerprint density at radius 2 is 1.89 bits per heavy atom. The van der Waals surface area contributed by atoms with Gasteiger partial charge in [0.15, 0.2) is 0 Å². The van der Waals surface area contributed by atoms with E-state index in [-0.39, 0.29) is 22.9 Å². The number of hydrogen-bond donors (Lipinski definition) is 1. The van der Waals surface area contributed by atoms with Crippen LogP contribution in [0.1, 0.15) is 13.8 Å². The van der Waals surface area contributed by atoms with Gasteiger partial charge in [0.05, 0.1) is 17.0 Å². The van der Waals surface area contributed by atoms with Crippen molar-refractivity contribution in [1.29, 1.82) is 0 Å². The van der Waals surface area contributed by atoms with E-state index in [1.54, 1.807) is 38.1 Å². The highest BCUT2D eigenvalue weighted by Crippen LogP contribution is 2.39. The van der Waals surface area contributed by atoms with E-state index < -0.39 is 21.7 Å². The molecule has 0 unspecified atom stereocenters. The Kier molecular flexibility index (Phi) is 4.96. The van der Waals surface area contributed by atoms with Gasteiger partial charge in [-0.15, -0.1) is 0 Å². The molecule has 2 aromatic rings. The van der Waals surface area contributed by atoms with E-state index in [1.807, 2.05) is 0 Å². The van der Waals surface area contributed by atoms with Crippen LogP contribution in [0.2, 0.25) is 0 Å². The Labute approximate surface area is 166 Å². The van der Waals surface area contributed by atoms with E-state index in [4.69, 9.17) is 4.74 Å². The van der Waals surface area contributed by atoms with Crippen LogP contribution in [0, 0.1) is 0 Å². The van der Waals surface area contributed by atoms with E-state index in [0.29, 0.717) is 10.2 Å². The number of aliphatic hydroxyl groups is 1. The Bertz CT molecular complexity index is 1000. The second-order valence-electron chi connectivity index (χ2n) is 6.82. The molecule has 1 aliphatic heterocycles. The zero-order valence-electron chi connectivity index (χ0n) is 15.0. The van der Waals surface area contributed by atoms with Gasteiger partial charge in [0.2, 0.25) is 0 Å². The van der Waals surface area contributed by atoms with Gasteiger partial charge in [0.25, 0.3) is 10.0 Å². The fraction of sp³-hybridized carbons (Fsp3) is 0.278. The molecule has 2 amide bonds. The summed E-state index contributed by atoms with van der Waals surface area (Å²) in [6.45, 7) is 3.23. The number of halogens is 1. The number of fused-ring (bicyclic) bond motifs is 1. The van der Waals surface area contributed by atoms with Gasteiger partial charge in [-0.2, -0.15) is 4.31 Å². The lowest BCUT2D eigenvalue weighted by atomic mass is 10.2. The number of carbonyl (C=O) groups excluding carboxylic acids is 1. The predicted octanol–water partition coefficient (Wildman–Crippen LogP) is 3.36. The van der Waals surface area contributed by atoms with Gasteiger partial charge in [-0.05, 0) is 44.2 Å². The van der Waals surface area contributed by atoms with E-state index in [1.165, 1.54) is 30.1 Å². The van der Waals surface area contributed by atoms with Crippen LogP contribution in [-0.2, 0) is 10.0 Å². The molecule has 9 heteroatoms. The molecule has 3 rings (SSSR count). The number of anilines is 2. The highest BCUT2D eigenvalue weighted by atomic mass is 79.9. The number of rotatable bonds is 4. The number of ether oxygens (including phenoxy) is 1. The first kappa shape index (κ1) is 19.7. The quantitative estimate of drug-likeness (QED) is 0.764. The van der Waals surface area contributed by atoms with Gasteiger partial charge < -0.3 is 9.84 Å². The lowest BCUT2D eigenvalue weighted by Gasteiger charge is -2.34. The minimum atomic E-state index is -4.08. The van der Waals surface area contributed by atoms with Gasteiger partial charge in [-0.25, -0.2) is 13.2 Å². The van der Waals surface area contributed by atoms with Gasteiger partial charge in [0, 0.05) is 17.6 Å². The fourth-order valence-corrected chi connectivity index (χ4v) is 4.62. The van der Waals surface area contributed by atoms with Crippen molar-refractivity contribution < 1.29 is 23.1 Å². The summed E-state index contributed by atoms with van der Waals surface area (Å²) in [6.07, 6.45) is 0. The second kappa shape index (κ2) is 6.81. The van der Waals surface area contributed by atoms with Crippen LogP contribution in [0.15, 0.2) is 51.8 Å². The number of urea groups is 1. The maximum absolute atomic E-state index is 13.1. The molecule has 1 heterocycles. The fourth-order valence-electron chi connectivity index (χ4n) is 2.62. The maximum Gasteiger partial charge on any atom is 0.342 e. The molecule has 7 nitrogen and oxygen atoms in total. The molecule has 144 valence electrons. The third-order valence-electron chi connectivity index (χ3n) is 3.91. The monoisotopic (exact) mass is 454 g/mol. The summed E-state index contributed by atoms with van der Waals surface area (Å²) in [5.74, 6) is 0.363. The summed E-state index contributed by atoms with van der Waals surface area (Å²) in [5, 5.41) is 9.78. The second-order valence-corrected chi connectivity index (χ2v) is 9.49. The highest BCUT2D eigenvalue weighted by molar-refractivity contribution is 9.10. The number of carbonyl (C=O) groups is 1. The third-order valence-corrected chi connectivity index (χ3v) is 6.15. The van der Waals surface area contributed by atoms with Gasteiger partial charge >= 0.3 is 6.03 Å². The molecule has 0 aliphatic carbocycles. The lowest BCUT2D eigenvalue weighted by molar-refractivity contribution is 0.0285. The van der Waals surface area contributed by atoms with Crippen molar-refractivity contribution in [1.82, 2.24) is 0 Å². The predicted molar refractivity (Wildman–Crippen MR) is 106 cm³/mol. The van der Waals surface area contributed by atoms with Crippen molar-refractivity contribution >= 4 is 43.4 Å². The van der Waals surface area contributed by atoms with Crippen molar-refractivity contribution in [3.05, 3.63) is 46.9 Å². The molecule has 0 saturated carbocycles. The molecule has 0 bridgehead atoms. The summed E-state index contributed by atoms with van der Waals surface area (Å²) in [4.78, 5) is 14.1. The smallest absolute Gasteiger partial charge is 0.342 e. The summed E-state index contributed by atoms with van der Waals surface area (Å²) in [7, 11) is -2.58. The topological polar surface area (TPSA) is 87.2 Å². The zero-order valence-corrected chi connectivity index (χ0v) is 17.4. The van der Waals surface area contributed by atoms with Crippen molar-refractivity contribution in [2.24, 2.45) is 0 Å². The Balaban J connectivity index is 2.05. The van der Waals surface area contributed by atoms with Crippen molar-refractivity contribution in [3.8, 4) is 5.75 Å². The average molecular weight is 455 g/mol. The SMILES string of the molecule is CN1C(=O)N(c2cccc(Br)c2)S(=O)(=O)c2ccc(OCC(C)(C)O)cc21. The molecule has 1 N–H and O–H groups in total. The van der Waals surface area contributed by atoms with Crippen LogP contribution >= 0.6 is 15.9 Å². The van der Waals surface area contributed by atoms with E-state index in [9.17, 15) is 18.3 Å². The van der Waals surface area contributed by atoms with Crippen LogP contribution in [0.5, 0.6) is 5.75 Å². The van der Waals surface area contributed by atoms with Gasteiger partial charge in [0.1, 0.15) is 17.3 Å². The number of nitrogens with zero attached hydrogens (tertiary/aromatic N) is 2. The molecule has 0 aromatic heterocycles. The van der Waals surface area contributed by atoms with E-state index in [2.05, 4.69) is 15.9 Å². The standard InChI is InChI=1S/C18H19BrN2O5S/c1-18(2,23)11-26-14-7-8-16-15(10-14)20(3)17(22)21(27(16,24)25)13-6-4-5-12(19)9-13/h4-10,23H,11H2,1-3H3. The third kappa shape index (κ3) is 3.80. The van der Waals surface area contributed by atoms with E-state index in [0.717, 1.165) is 4.31 Å². The van der Waals surface area contributed by atoms with Crippen LogP contribution in [0.4, 0.5) is 16.2 Å². The first-order chi connectivity index (χ1) is 12.5. The zero-order chi connectivity index (χ0) is 20.0. The van der Waals surface area contributed by atoms with Crippen LogP contribution in [-0.4, -0.2) is 38.8 Å². The normalized spacial score (nSPS) is 16.3. The molecule has 0 spiro atoms. The number of amides is 2. The van der Waals surface area contributed by atoms with Crippen molar-refractivity contribution in [2.75, 3.05) is 22.9 Å². The molecule has 2 aromatic carbocycles. The molecule has 0 radical (unpaired) electrons. The minimum absolute atomic E-state index is 0.000171. The highest BCUT2D eigenvalue weighted by Gasteiger charge is 2.41. The first-order valence-electron chi connectivity index (χ1n) is 8.08. The van der Waals surface area contributed by atoms with E-state index >= 15 is 0 Å². The van der Waals surface area contributed by atoms with Crippen molar-refractivity contribution in [3.63, 3.8) is 0 Å². The minimum Gasteiger partial charge on any atom is -0.491 e. The lowest BCUT2D eigenvalue weighted by Crippen LogP contribution is -2.49. The number of sulfonamides is 1. The summed E-state index contributed by atoms with van der Waals surface area (Å²) >= 11 is 3.29. The first-order valence-corrected chi connectivity index (χ1v) is 10.3. The largest absolute Gasteiger partial charge is 0.491 e. The number of benzene rings is 2. The molecule has 0 saturated heterocycles. The Morgan fingerprint density at radius 3 is 2.52 bits per heavy atom. The molecular weight excluding hydrogens is 436 g/mol. The van der Waals surface area contributed by atoms with Crippen molar-refractivity contribution in [2.45, 2.75) is 24.3 Å².